The topological polar surface area (TPSA) is 93.7 Å². The first-order chi connectivity index (χ1) is 64.4. The largest absolute Gasteiger partial charge is 0.311 e. The Morgan fingerprint density at radius 1 is 0.131 bits per heavy atom. The number of nitrogens with zero attached hydrogens (tertiary/aromatic N) is 10. The molecule has 24 aromatic rings. The van der Waals surface area contributed by atoms with Crippen LogP contribution >= 0.6 is 0 Å². The fraction of sp³-hybridized carbons (Fsp3) is 0. The van der Waals surface area contributed by atoms with Gasteiger partial charge in [-0.15, -0.1) is 0 Å². The van der Waals surface area contributed by atoms with Gasteiger partial charge in [0.1, 0.15) is 0 Å². The standard InChI is InChI=1S/C63H41N5.C57H39N5/c1-5-17-43(18-6-1)61-64-62(44-19-7-2-8-20-44)66-63(65-61)46-31-36-53-51-25-13-14-26-52(51)54-37-35-50(41-57(54)56(53)40-46)68-59-28-16-15-27-55(59)58-39-45(32-38-60(58)68)42-29-33-49(34-30-42)67(47-21-9-3-10-22-47)48-23-11-4-12-24-48;1-5-15-43(16-6-1)55-58-56(44-17-7-2-8-18-44)60-57(59-55)45-27-25-40(26-28-45)41-29-36-50(37-30-41)62-53-24-14-13-23-51(53)52-39-46(33-38-54(52)62)42-31-34-49(35-32-42)61(47-19-9-3-10-20-47)48-21-11-4-12-22-48/h1-41H;1-39H. The Morgan fingerprint density at radius 2 is 0.354 bits per heavy atom. The third kappa shape index (κ3) is 14.7. The van der Waals surface area contributed by atoms with Gasteiger partial charge in [-0.1, -0.05) is 346 Å². The minimum Gasteiger partial charge on any atom is -0.311 e. The Hall–Kier alpha value is -17.6. The first-order valence-electron chi connectivity index (χ1n) is 43.9. The molecular weight excluding hydrogens is 1580 g/mol. The highest BCUT2D eigenvalue weighted by Crippen LogP contribution is 2.45. The van der Waals surface area contributed by atoms with Gasteiger partial charge in [0, 0.05) is 100 Å². The molecule has 0 aliphatic rings. The molecule has 24 rings (SSSR count). The molecule has 0 bridgehead atoms. The van der Waals surface area contributed by atoms with E-state index in [1.807, 2.05) is 97.1 Å². The van der Waals surface area contributed by atoms with Crippen LogP contribution in [0.2, 0.25) is 0 Å². The highest BCUT2D eigenvalue weighted by molar-refractivity contribution is 6.26. The summed E-state index contributed by atoms with van der Waals surface area (Å²) in [6.45, 7) is 0. The summed E-state index contributed by atoms with van der Waals surface area (Å²) in [6, 6.07) is 171. The second-order valence-electron chi connectivity index (χ2n) is 32.5. The molecule has 10 nitrogen and oxygen atoms in total. The van der Waals surface area contributed by atoms with Crippen molar-refractivity contribution in [2.75, 3.05) is 9.80 Å². The van der Waals surface area contributed by atoms with Crippen molar-refractivity contribution in [3.05, 3.63) is 485 Å². The summed E-state index contributed by atoms with van der Waals surface area (Å²) >= 11 is 0. The number of fused-ring (bicyclic) bond motifs is 12. The van der Waals surface area contributed by atoms with E-state index in [-0.39, 0.29) is 0 Å². The molecule has 0 unspecified atom stereocenters. The van der Waals surface area contributed by atoms with Crippen LogP contribution in [0.15, 0.2) is 485 Å². The first kappa shape index (κ1) is 77.2. The molecule has 0 saturated carbocycles. The Bertz CT molecular complexity index is 8080. The summed E-state index contributed by atoms with van der Waals surface area (Å²) in [6.07, 6.45) is 0. The zero-order valence-electron chi connectivity index (χ0n) is 70.7. The molecule has 0 N–H and O–H groups in total. The Morgan fingerprint density at radius 3 is 0.731 bits per heavy atom. The molecule has 0 aliphatic heterocycles. The predicted molar refractivity (Wildman–Crippen MR) is 539 cm³/mol. The number of hydrogen-bond donors (Lipinski definition) is 0. The average molecular weight is 1660 g/mol. The van der Waals surface area contributed by atoms with Gasteiger partial charge in [-0.2, -0.15) is 0 Å². The molecule has 4 heterocycles. The van der Waals surface area contributed by atoms with Crippen LogP contribution in [0.25, 0.3) is 189 Å². The van der Waals surface area contributed by atoms with Crippen LogP contribution in [0.5, 0.6) is 0 Å². The van der Waals surface area contributed by atoms with E-state index in [0.29, 0.717) is 34.9 Å². The van der Waals surface area contributed by atoms with Crippen LogP contribution in [-0.2, 0) is 0 Å². The summed E-state index contributed by atoms with van der Waals surface area (Å²) < 4.78 is 4.79. The molecule has 4 aromatic heterocycles. The van der Waals surface area contributed by atoms with E-state index in [9.17, 15) is 0 Å². The smallest absolute Gasteiger partial charge is 0.164 e. The maximum Gasteiger partial charge on any atom is 0.164 e. The fourth-order valence-corrected chi connectivity index (χ4v) is 18.4. The van der Waals surface area contributed by atoms with Gasteiger partial charge in [-0.05, 0) is 205 Å². The van der Waals surface area contributed by atoms with E-state index in [1.54, 1.807) is 0 Å². The lowest BCUT2D eigenvalue weighted by molar-refractivity contribution is 1.07. The third-order valence-corrected chi connectivity index (χ3v) is 24.7. The molecule has 10 heteroatoms. The van der Waals surface area contributed by atoms with Crippen LogP contribution in [-0.4, -0.2) is 39.0 Å². The van der Waals surface area contributed by atoms with Crippen molar-refractivity contribution in [2.24, 2.45) is 0 Å². The van der Waals surface area contributed by atoms with Crippen LogP contribution < -0.4 is 9.80 Å². The Balaban J connectivity index is 0.000000149. The molecule has 0 radical (unpaired) electrons. The highest BCUT2D eigenvalue weighted by Gasteiger charge is 2.23. The van der Waals surface area contributed by atoms with Crippen LogP contribution in [0.1, 0.15) is 0 Å². The van der Waals surface area contributed by atoms with Gasteiger partial charge in [-0.3, -0.25) is 0 Å². The molecule has 0 aliphatic carbocycles. The lowest BCUT2D eigenvalue weighted by atomic mass is 9.93. The summed E-state index contributed by atoms with van der Waals surface area (Å²) in [5.41, 5.74) is 26.2. The second kappa shape index (κ2) is 33.8. The van der Waals surface area contributed by atoms with Gasteiger partial charge >= 0.3 is 0 Å². The van der Waals surface area contributed by atoms with E-state index in [4.69, 9.17) is 29.9 Å². The number of para-hydroxylation sites is 6. The number of anilines is 6. The maximum absolute atomic E-state index is 5.11. The Kier molecular flexibility index (Phi) is 20.1. The van der Waals surface area contributed by atoms with Crippen molar-refractivity contribution in [1.82, 2.24) is 39.0 Å². The van der Waals surface area contributed by atoms with Gasteiger partial charge in [0.05, 0.1) is 22.1 Å². The van der Waals surface area contributed by atoms with Gasteiger partial charge in [-0.25, -0.2) is 29.9 Å². The van der Waals surface area contributed by atoms with Gasteiger partial charge < -0.3 is 18.9 Å². The summed E-state index contributed by atoms with van der Waals surface area (Å²) in [5, 5.41) is 12.0. The molecular formula is C120H80N10. The molecule has 0 spiro atoms. The quantitative estimate of drug-likeness (QED) is 0.0833. The van der Waals surface area contributed by atoms with Crippen molar-refractivity contribution in [3.8, 4) is 113 Å². The number of rotatable bonds is 17. The minimum atomic E-state index is 0.634. The zero-order valence-corrected chi connectivity index (χ0v) is 70.7. The maximum atomic E-state index is 5.11. The second-order valence-corrected chi connectivity index (χ2v) is 32.5. The molecule has 130 heavy (non-hydrogen) atoms. The van der Waals surface area contributed by atoms with Crippen molar-refractivity contribution < 1.29 is 0 Å². The van der Waals surface area contributed by atoms with Crippen molar-refractivity contribution in [3.63, 3.8) is 0 Å². The van der Waals surface area contributed by atoms with Crippen LogP contribution in [0.4, 0.5) is 34.1 Å². The van der Waals surface area contributed by atoms with E-state index in [0.717, 1.165) is 106 Å². The number of aromatic nitrogens is 8. The van der Waals surface area contributed by atoms with Crippen molar-refractivity contribution in [1.29, 1.82) is 0 Å². The molecule has 0 amide bonds. The summed E-state index contributed by atoms with van der Waals surface area (Å²) in [7, 11) is 0. The SMILES string of the molecule is c1ccc(-c2nc(-c3ccccc3)nc(-c3ccc(-c4ccc(-n5c6ccccc6c6cc(-c7ccc(N(c8ccccc8)c8ccccc8)cc7)ccc65)cc4)cc3)n2)cc1.c1ccc(-c2nc(-c3ccccc3)nc(-c3ccc4c5ccccc5c5ccc(-n6c7ccccc7c7cc(-c8ccc(N(c9ccccc9)c9ccccc9)cc8)ccc76)cc5c4c3)n2)cc1. The molecule has 0 fully saturated rings. The van der Waals surface area contributed by atoms with E-state index in [2.05, 4.69) is 407 Å². The summed E-state index contributed by atoms with van der Waals surface area (Å²) in [5.74, 6) is 3.87. The van der Waals surface area contributed by atoms with Gasteiger partial charge in [0.15, 0.2) is 34.9 Å². The van der Waals surface area contributed by atoms with Gasteiger partial charge in [0.25, 0.3) is 0 Å². The van der Waals surface area contributed by atoms with Crippen molar-refractivity contribution >= 4 is 110 Å². The minimum absolute atomic E-state index is 0.634. The summed E-state index contributed by atoms with van der Waals surface area (Å²) in [4.78, 5) is 34.5. The molecule has 0 atom stereocenters. The third-order valence-electron chi connectivity index (χ3n) is 24.7. The highest BCUT2D eigenvalue weighted by atomic mass is 15.1. The zero-order chi connectivity index (χ0) is 86.2. The number of hydrogen-bond acceptors (Lipinski definition) is 8. The lowest BCUT2D eigenvalue weighted by Gasteiger charge is -2.25. The molecule has 0 saturated heterocycles. The average Bonchev–Trinajstić information content (AvgIpc) is 1.64. The molecule has 610 valence electrons. The predicted octanol–water partition coefficient (Wildman–Crippen LogP) is 31.3. The van der Waals surface area contributed by atoms with Gasteiger partial charge in [0.2, 0.25) is 0 Å². The van der Waals surface area contributed by atoms with E-state index in [1.165, 1.54) is 81.8 Å². The van der Waals surface area contributed by atoms with Crippen LogP contribution in [0.3, 0.4) is 0 Å². The molecule has 20 aromatic carbocycles. The fourth-order valence-electron chi connectivity index (χ4n) is 18.4. The van der Waals surface area contributed by atoms with Crippen LogP contribution in [0, 0.1) is 0 Å². The number of benzene rings is 20. The van der Waals surface area contributed by atoms with Crippen molar-refractivity contribution in [2.45, 2.75) is 0 Å². The monoisotopic (exact) mass is 1660 g/mol. The Labute approximate surface area is 752 Å². The normalized spacial score (nSPS) is 11.4. The first-order valence-corrected chi connectivity index (χ1v) is 43.9. The lowest BCUT2D eigenvalue weighted by Crippen LogP contribution is -2.09. The van der Waals surface area contributed by atoms with E-state index < -0.39 is 0 Å². The van der Waals surface area contributed by atoms with E-state index >= 15 is 0 Å².